The summed E-state index contributed by atoms with van der Waals surface area (Å²) in [5, 5.41) is 0. The van der Waals surface area contributed by atoms with Gasteiger partial charge in [-0.3, -0.25) is 0 Å². The van der Waals surface area contributed by atoms with Gasteiger partial charge < -0.3 is 15.4 Å². The van der Waals surface area contributed by atoms with Crippen molar-refractivity contribution in [2.75, 3.05) is 18.1 Å². The molecule has 1 aliphatic rings. The maximum atomic E-state index is 5.86. The summed E-state index contributed by atoms with van der Waals surface area (Å²) in [5.74, 6) is 0. The van der Waals surface area contributed by atoms with E-state index < -0.39 is 0 Å². The van der Waals surface area contributed by atoms with Crippen LogP contribution in [0.15, 0.2) is 24.3 Å². The van der Waals surface area contributed by atoms with Crippen LogP contribution in [0.4, 0.5) is 5.69 Å². The highest BCUT2D eigenvalue weighted by molar-refractivity contribution is 5.49. The minimum Gasteiger partial charge on any atom is -0.375 e. The normalized spacial score (nSPS) is 26.9. The fourth-order valence-corrected chi connectivity index (χ4v) is 2.23. The maximum Gasteiger partial charge on any atom is 0.0723 e. The average molecular weight is 234 g/mol. The third-order valence-corrected chi connectivity index (χ3v) is 3.36. The van der Waals surface area contributed by atoms with Gasteiger partial charge in [-0.05, 0) is 38.5 Å². The minimum atomic E-state index is 0.102. The van der Waals surface area contributed by atoms with E-state index >= 15 is 0 Å². The van der Waals surface area contributed by atoms with E-state index in [1.54, 1.807) is 0 Å². The lowest BCUT2D eigenvalue weighted by atomic mass is 10.1. The fraction of sp³-hybridized carbons (Fsp3) is 0.571. The average Bonchev–Trinajstić information content (AvgIpc) is 2.32. The Morgan fingerprint density at radius 3 is 2.53 bits per heavy atom. The van der Waals surface area contributed by atoms with Crippen LogP contribution in [0.2, 0.25) is 0 Å². The van der Waals surface area contributed by atoms with E-state index in [9.17, 15) is 0 Å². The van der Waals surface area contributed by atoms with Gasteiger partial charge in [0, 0.05) is 24.3 Å². The summed E-state index contributed by atoms with van der Waals surface area (Å²) in [5.41, 5.74) is 8.30. The van der Waals surface area contributed by atoms with E-state index in [4.69, 9.17) is 10.5 Å². The highest BCUT2D eigenvalue weighted by atomic mass is 16.5. The van der Waals surface area contributed by atoms with Gasteiger partial charge in [0.15, 0.2) is 0 Å². The van der Waals surface area contributed by atoms with Crippen molar-refractivity contribution in [1.82, 2.24) is 0 Å². The molecule has 3 heteroatoms. The summed E-state index contributed by atoms with van der Waals surface area (Å²) in [6, 6.07) is 9.10. The lowest BCUT2D eigenvalue weighted by Gasteiger charge is -2.38. The van der Waals surface area contributed by atoms with Gasteiger partial charge in [-0.25, -0.2) is 0 Å². The molecule has 0 radical (unpaired) electrons. The van der Waals surface area contributed by atoms with E-state index in [1.165, 1.54) is 11.3 Å². The second-order valence-electron chi connectivity index (χ2n) is 5.03. The molecule has 1 heterocycles. The zero-order valence-corrected chi connectivity index (χ0v) is 10.9. The van der Waals surface area contributed by atoms with Crippen molar-refractivity contribution >= 4 is 5.69 Å². The molecule has 0 aliphatic carbocycles. The molecule has 2 unspecified atom stereocenters. The number of morpholine rings is 1. The Morgan fingerprint density at radius 1 is 1.29 bits per heavy atom. The molecule has 3 nitrogen and oxygen atoms in total. The summed E-state index contributed by atoms with van der Waals surface area (Å²) < 4.78 is 5.64. The summed E-state index contributed by atoms with van der Waals surface area (Å²) in [4.78, 5) is 2.40. The van der Waals surface area contributed by atoms with Crippen LogP contribution in [0.1, 0.15) is 32.4 Å². The fourth-order valence-electron chi connectivity index (χ4n) is 2.23. The number of nitrogens with two attached hydrogens (primary N) is 1. The van der Waals surface area contributed by atoms with Gasteiger partial charge in [-0.2, -0.15) is 0 Å². The van der Waals surface area contributed by atoms with Gasteiger partial charge in [0.2, 0.25) is 0 Å². The van der Waals surface area contributed by atoms with Gasteiger partial charge in [0.1, 0.15) is 0 Å². The van der Waals surface area contributed by atoms with Crippen molar-refractivity contribution in [2.24, 2.45) is 5.73 Å². The Balaban J connectivity index is 2.15. The Morgan fingerprint density at radius 2 is 1.94 bits per heavy atom. The van der Waals surface area contributed by atoms with Crippen LogP contribution in [-0.2, 0) is 4.74 Å². The number of benzene rings is 1. The zero-order valence-electron chi connectivity index (χ0n) is 10.9. The molecule has 2 rings (SSSR count). The second-order valence-corrected chi connectivity index (χ2v) is 5.03. The van der Waals surface area contributed by atoms with Crippen molar-refractivity contribution in [3.8, 4) is 0 Å². The highest BCUT2D eigenvalue weighted by Gasteiger charge is 2.23. The van der Waals surface area contributed by atoms with Gasteiger partial charge in [-0.15, -0.1) is 0 Å². The SMILES string of the molecule is CC1CN(c2ccc([C@@H](C)N)cc2)C(C)CO1. The summed E-state index contributed by atoms with van der Waals surface area (Å²) in [7, 11) is 0. The number of hydrogen-bond acceptors (Lipinski definition) is 3. The van der Waals surface area contributed by atoms with Crippen molar-refractivity contribution in [2.45, 2.75) is 39.0 Å². The lowest BCUT2D eigenvalue weighted by molar-refractivity contribution is 0.0344. The number of anilines is 1. The summed E-state index contributed by atoms with van der Waals surface area (Å²) in [6.07, 6.45) is 0.305. The van der Waals surface area contributed by atoms with Crippen LogP contribution in [0.5, 0.6) is 0 Å². The van der Waals surface area contributed by atoms with Crippen LogP contribution in [0.3, 0.4) is 0 Å². The van der Waals surface area contributed by atoms with Gasteiger partial charge in [-0.1, -0.05) is 12.1 Å². The molecule has 0 aromatic heterocycles. The quantitative estimate of drug-likeness (QED) is 0.853. The van der Waals surface area contributed by atoms with E-state index in [0.717, 1.165) is 13.2 Å². The molecule has 3 atom stereocenters. The molecule has 1 aromatic carbocycles. The van der Waals surface area contributed by atoms with E-state index in [-0.39, 0.29) is 6.04 Å². The molecule has 2 N–H and O–H groups in total. The van der Waals surface area contributed by atoms with Gasteiger partial charge >= 0.3 is 0 Å². The molecule has 1 aromatic rings. The smallest absolute Gasteiger partial charge is 0.0723 e. The Bertz CT molecular complexity index is 361. The van der Waals surface area contributed by atoms with Crippen molar-refractivity contribution < 1.29 is 4.74 Å². The molecule has 0 amide bonds. The predicted octanol–water partition coefficient (Wildman–Crippen LogP) is 2.32. The molecule has 0 saturated carbocycles. The van der Waals surface area contributed by atoms with Crippen LogP contribution < -0.4 is 10.6 Å². The summed E-state index contributed by atoms with van der Waals surface area (Å²) >= 11 is 0. The number of rotatable bonds is 2. The largest absolute Gasteiger partial charge is 0.375 e. The first-order valence-electron chi connectivity index (χ1n) is 6.31. The topological polar surface area (TPSA) is 38.5 Å². The third-order valence-electron chi connectivity index (χ3n) is 3.36. The number of hydrogen-bond donors (Lipinski definition) is 1. The lowest BCUT2D eigenvalue weighted by Crippen LogP contribution is -2.47. The first-order chi connectivity index (χ1) is 8.08. The van der Waals surface area contributed by atoms with E-state index in [1.807, 2.05) is 6.92 Å². The third kappa shape index (κ3) is 2.79. The van der Waals surface area contributed by atoms with Crippen LogP contribution in [0, 0.1) is 0 Å². The van der Waals surface area contributed by atoms with Crippen LogP contribution in [0.25, 0.3) is 0 Å². The molecule has 1 saturated heterocycles. The molecule has 17 heavy (non-hydrogen) atoms. The van der Waals surface area contributed by atoms with E-state index in [0.29, 0.717) is 12.1 Å². The minimum absolute atomic E-state index is 0.102. The molecule has 0 spiro atoms. The Kier molecular flexibility index (Phi) is 3.69. The van der Waals surface area contributed by atoms with Crippen molar-refractivity contribution in [3.63, 3.8) is 0 Å². The molecule has 94 valence electrons. The molecule has 1 aliphatic heterocycles. The number of ether oxygens (including phenoxy) is 1. The molecular weight excluding hydrogens is 212 g/mol. The first kappa shape index (κ1) is 12.4. The first-order valence-corrected chi connectivity index (χ1v) is 6.31. The Labute approximate surface area is 104 Å². The van der Waals surface area contributed by atoms with Crippen molar-refractivity contribution in [3.05, 3.63) is 29.8 Å². The van der Waals surface area contributed by atoms with Gasteiger partial charge in [0.25, 0.3) is 0 Å². The zero-order chi connectivity index (χ0) is 12.4. The molecule has 0 bridgehead atoms. The Hall–Kier alpha value is -1.06. The number of nitrogens with zero attached hydrogens (tertiary/aromatic N) is 1. The molecule has 1 fully saturated rings. The van der Waals surface area contributed by atoms with Gasteiger partial charge in [0.05, 0.1) is 12.7 Å². The molecular formula is C14H22N2O. The van der Waals surface area contributed by atoms with Crippen molar-refractivity contribution in [1.29, 1.82) is 0 Å². The standard InChI is InChI=1S/C14H22N2O/c1-10-9-17-11(2)8-16(10)14-6-4-13(5-7-14)12(3)15/h4-7,10-12H,8-9,15H2,1-3H3/t10?,11?,12-/m1/s1. The highest BCUT2D eigenvalue weighted by Crippen LogP contribution is 2.23. The van der Waals surface area contributed by atoms with E-state index in [2.05, 4.69) is 43.0 Å². The maximum absolute atomic E-state index is 5.86. The second kappa shape index (κ2) is 5.07. The monoisotopic (exact) mass is 234 g/mol. The van der Waals surface area contributed by atoms with Crippen LogP contribution in [-0.4, -0.2) is 25.3 Å². The summed E-state index contributed by atoms with van der Waals surface area (Å²) in [6.45, 7) is 8.09. The van der Waals surface area contributed by atoms with Crippen LogP contribution >= 0.6 is 0 Å². The predicted molar refractivity (Wildman–Crippen MR) is 71.3 cm³/mol.